The quantitative estimate of drug-likeness (QED) is 0.766. The summed E-state index contributed by atoms with van der Waals surface area (Å²) in [4.78, 5) is 9.33. The summed E-state index contributed by atoms with van der Waals surface area (Å²) in [7, 11) is 0.262. The standard InChI is InChI=1S/C15H14N4O2S/c1-21-9-2-4-10(5-3-9)22(20)11-6-7-13-12(8-11)14(16)19-15(17)18-13/h2-8H,1H3,(H4,16,17,18,19)/t22-/m1/s1. The van der Waals surface area contributed by atoms with Crippen molar-refractivity contribution in [1.29, 1.82) is 0 Å². The second-order valence-corrected chi connectivity index (χ2v) is 6.07. The van der Waals surface area contributed by atoms with Crippen molar-refractivity contribution in [3.63, 3.8) is 0 Å². The van der Waals surface area contributed by atoms with Gasteiger partial charge >= 0.3 is 0 Å². The molecule has 6 nitrogen and oxygen atoms in total. The van der Waals surface area contributed by atoms with Crippen LogP contribution in [0.1, 0.15) is 0 Å². The molecule has 0 amide bonds. The molecule has 1 aromatic heterocycles. The average molecular weight is 314 g/mol. The Morgan fingerprint density at radius 3 is 2.36 bits per heavy atom. The minimum absolute atomic E-state index is 0.119. The molecule has 7 heteroatoms. The van der Waals surface area contributed by atoms with E-state index in [9.17, 15) is 4.21 Å². The van der Waals surface area contributed by atoms with Crippen LogP contribution in [-0.4, -0.2) is 21.3 Å². The first kappa shape index (κ1) is 14.3. The maximum atomic E-state index is 12.6. The van der Waals surface area contributed by atoms with E-state index in [1.807, 2.05) is 0 Å². The van der Waals surface area contributed by atoms with Gasteiger partial charge in [-0.15, -0.1) is 0 Å². The van der Waals surface area contributed by atoms with E-state index in [1.165, 1.54) is 0 Å². The van der Waals surface area contributed by atoms with Crippen molar-refractivity contribution in [3.8, 4) is 5.75 Å². The predicted molar refractivity (Wildman–Crippen MR) is 86.0 cm³/mol. The number of nitrogen functional groups attached to an aromatic ring is 2. The average Bonchev–Trinajstić information content (AvgIpc) is 2.54. The molecule has 0 saturated heterocycles. The number of aromatic nitrogens is 2. The fourth-order valence-corrected chi connectivity index (χ4v) is 3.17. The first-order valence-electron chi connectivity index (χ1n) is 6.47. The van der Waals surface area contributed by atoms with Crippen LogP contribution in [0.5, 0.6) is 5.75 Å². The second kappa shape index (κ2) is 5.61. The van der Waals surface area contributed by atoms with Crippen LogP contribution in [-0.2, 0) is 10.8 Å². The predicted octanol–water partition coefficient (Wildman–Crippen LogP) is 1.97. The van der Waals surface area contributed by atoms with Crippen LogP contribution < -0.4 is 16.2 Å². The van der Waals surface area contributed by atoms with Crippen molar-refractivity contribution in [2.24, 2.45) is 0 Å². The molecule has 1 atom stereocenters. The number of hydrogen-bond acceptors (Lipinski definition) is 6. The number of hydrogen-bond donors (Lipinski definition) is 2. The van der Waals surface area contributed by atoms with Gasteiger partial charge in [0.25, 0.3) is 0 Å². The Morgan fingerprint density at radius 2 is 1.68 bits per heavy atom. The Balaban J connectivity index is 2.03. The largest absolute Gasteiger partial charge is 0.497 e. The van der Waals surface area contributed by atoms with E-state index in [0.717, 1.165) is 0 Å². The maximum Gasteiger partial charge on any atom is 0.222 e. The van der Waals surface area contributed by atoms with Gasteiger partial charge in [-0.25, -0.2) is 9.19 Å². The zero-order valence-corrected chi connectivity index (χ0v) is 12.6. The van der Waals surface area contributed by atoms with Gasteiger partial charge in [0, 0.05) is 15.2 Å². The van der Waals surface area contributed by atoms with E-state index >= 15 is 0 Å². The number of fused-ring (bicyclic) bond motifs is 1. The lowest BCUT2D eigenvalue weighted by Crippen LogP contribution is -2.01. The van der Waals surface area contributed by atoms with E-state index in [1.54, 1.807) is 49.6 Å². The molecule has 3 rings (SSSR count). The van der Waals surface area contributed by atoms with Crippen LogP contribution in [0.4, 0.5) is 11.8 Å². The van der Waals surface area contributed by atoms with Gasteiger partial charge in [0.15, 0.2) is 0 Å². The van der Waals surface area contributed by atoms with Crippen LogP contribution in [0.25, 0.3) is 10.9 Å². The molecule has 0 saturated carbocycles. The summed E-state index contributed by atoms with van der Waals surface area (Å²) in [5, 5.41) is 0.633. The van der Waals surface area contributed by atoms with Crippen LogP contribution >= 0.6 is 0 Å². The molecule has 0 fully saturated rings. The first-order valence-corrected chi connectivity index (χ1v) is 7.62. The molecule has 0 aliphatic carbocycles. The zero-order chi connectivity index (χ0) is 15.7. The normalized spacial score (nSPS) is 12.2. The van der Waals surface area contributed by atoms with Crippen molar-refractivity contribution >= 4 is 33.5 Å². The molecule has 0 bridgehead atoms. The number of methoxy groups -OCH3 is 1. The highest BCUT2D eigenvalue weighted by atomic mass is 32.2. The summed E-state index contributed by atoms with van der Waals surface area (Å²) in [6.45, 7) is 0. The molecule has 4 N–H and O–H groups in total. The van der Waals surface area contributed by atoms with Gasteiger partial charge in [-0.2, -0.15) is 4.98 Å². The summed E-state index contributed by atoms with van der Waals surface area (Å²) >= 11 is 0. The summed E-state index contributed by atoms with van der Waals surface area (Å²) in [5.74, 6) is 1.11. The lowest BCUT2D eigenvalue weighted by atomic mass is 10.2. The SMILES string of the molecule is COc1ccc([S@@](=O)c2ccc3nc(N)nc(N)c3c2)cc1. The van der Waals surface area contributed by atoms with E-state index in [0.29, 0.717) is 26.4 Å². The molecule has 0 radical (unpaired) electrons. The maximum absolute atomic E-state index is 12.6. The topological polar surface area (TPSA) is 104 Å². The Hall–Kier alpha value is -2.67. The van der Waals surface area contributed by atoms with Crippen molar-refractivity contribution in [2.45, 2.75) is 9.79 Å². The lowest BCUT2D eigenvalue weighted by molar-refractivity contribution is 0.414. The van der Waals surface area contributed by atoms with E-state index < -0.39 is 10.8 Å². The molecule has 2 aromatic carbocycles. The van der Waals surface area contributed by atoms with Crippen molar-refractivity contribution < 1.29 is 8.95 Å². The molecule has 1 heterocycles. The van der Waals surface area contributed by atoms with Crippen LogP contribution in [0, 0.1) is 0 Å². The third-order valence-electron chi connectivity index (χ3n) is 3.20. The fraction of sp³-hybridized carbons (Fsp3) is 0.0667. The Labute approximate surface area is 129 Å². The second-order valence-electron chi connectivity index (χ2n) is 4.59. The van der Waals surface area contributed by atoms with Crippen molar-refractivity contribution in [2.75, 3.05) is 18.6 Å². The summed E-state index contributed by atoms with van der Waals surface area (Å²) in [6, 6.07) is 12.3. The third kappa shape index (κ3) is 2.58. The van der Waals surface area contributed by atoms with E-state index in [-0.39, 0.29) is 11.8 Å². The molecule has 22 heavy (non-hydrogen) atoms. The summed E-state index contributed by atoms with van der Waals surface area (Å²) in [6.07, 6.45) is 0. The van der Waals surface area contributed by atoms with Gasteiger partial charge in [0.1, 0.15) is 11.6 Å². The zero-order valence-electron chi connectivity index (χ0n) is 11.8. The van der Waals surface area contributed by atoms with Gasteiger partial charge in [-0.05, 0) is 42.5 Å². The van der Waals surface area contributed by atoms with E-state index in [2.05, 4.69) is 9.97 Å². The van der Waals surface area contributed by atoms with Gasteiger partial charge < -0.3 is 16.2 Å². The Bertz CT molecular complexity index is 865. The Kier molecular flexibility index (Phi) is 3.64. The molecule has 0 aliphatic rings. The molecule has 0 unspecified atom stereocenters. The molecule has 3 aromatic rings. The molecular weight excluding hydrogens is 300 g/mol. The number of nitrogens with zero attached hydrogens (tertiary/aromatic N) is 2. The van der Waals surface area contributed by atoms with Crippen LogP contribution in [0.15, 0.2) is 52.3 Å². The molecule has 112 valence electrons. The summed E-state index contributed by atoms with van der Waals surface area (Å²) in [5.41, 5.74) is 12.0. The van der Waals surface area contributed by atoms with Crippen molar-refractivity contribution in [3.05, 3.63) is 42.5 Å². The smallest absolute Gasteiger partial charge is 0.222 e. The number of rotatable bonds is 3. The van der Waals surface area contributed by atoms with Crippen molar-refractivity contribution in [1.82, 2.24) is 9.97 Å². The molecular formula is C15H14N4O2S. The van der Waals surface area contributed by atoms with E-state index in [4.69, 9.17) is 16.2 Å². The number of benzene rings is 2. The minimum atomic E-state index is -1.32. The van der Waals surface area contributed by atoms with Crippen LogP contribution in [0.2, 0.25) is 0 Å². The van der Waals surface area contributed by atoms with Crippen LogP contribution in [0.3, 0.4) is 0 Å². The lowest BCUT2D eigenvalue weighted by Gasteiger charge is -2.07. The van der Waals surface area contributed by atoms with Gasteiger partial charge in [-0.3, -0.25) is 0 Å². The van der Waals surface area contributed by atoms with Gasteiger partial charge in [0.05, 0.1) is 23.4 Å². The Morgan fingerprint density at radius 1 is 1.00 bits per heavy atom. The number of anilines is 2. The highest BCUT2D eigenvalue weighted by Crippen LogP contribution is 2.25. The first-order chi connectivity index (χ1) is 10.6. The highest BCUT2D eigenvalue weighted by Gasteiger charge is 2.11. The summed E-state index contributed by atoms with van der Waals surface area (Å²) < 4.78 is 17.7. The fourth-order valence-electron chi connectivity index (χ4n) is 2.10. The monoisotopic (exact) mass is 314 g/mol. The van der Waals surface area contributed by atoms with Gasteiger partial charge in [-0.1, -0.05) is 0 Å². The molecule has 0 spiro atoms. The number of ether oxygens (including phenoxy) is 1. The number of nitrogens with two attached hydrogens (primary N) is 2. The highest BCUT2D eigenvalue weighted by molar-refractivity contribution is 7.85. The van der Waals surface area contributed by atoms with Gasteiger partial charge in [0.2, 0.25) is 5.95 Å². The minimum Gasteiger partial charge on any atom is -0.497 e. The third-order valence-corrected chi connectivity index (χ3v) is 4.58. The molecule has 0 aliphatic heterocycles.